The van der Waals surface area contributed by atoms with Gasteiger partial charge in [-0.1, -0.05) is 19.9 Å². The number of fused-ring (bicyclic) bond motifs is 1. The molecule has 0 spiro atoms. The fourth-order valence-corrected chi connectivity index (χ4v) is 2.27. The third kappa shape index (κ3) is 4.04. The molecule has 22 heavy (non-hydrogen) atoms. The summed E-state index contributed by atoms with van der Waals surface area (Å²) in [6.45, 7) is 9.87. The zero-order valence-corrected chi connectivity index (χ0v) is 13.8. The number of pyridine rings is 1. The second-order valence-corrected chi connectivity index (χ2v) is 6.68. The Morgan fingerprint density at radius 1 is 1.32 bits per heavy atom. The maximum absolute atomic E-state index is 11.9. The van der Waals surface area contributed by atoms with Crippen LogP contribution in [0.15, 0.2) is 24.4 Å². The molecule has 0 fully saturated rings. The Labute approximate surface area is 130 Å². The van der Waals surface area contributed by atoms with Gasteiger partial charge in [-0.05, 0) is 38.8 Å². The molecule has 6 heteroatoms. The largest absolute Gasteiger partial charge is 0.459 e. The molecular formula is C16H24N4O2. The molecule has 0 radical (unpaired) electrons. The standard InChI is InChI=1S/C16H24N4O2/c1-11(2)14(17-10-13(21)22-16(3,4)5)15-19-18-12-8-6-7-9-20(12)15/h6-9,11,14,17H,10H2,1-5H3/t14-/m0/s1. The lowest BCUT2D eigenvalue weighted by atomic mass is 10.0. The van der Waals surface area contributed by atoms with Crippen LogP contribution in [-0.4, -0.2) is 32.7 Å². The van der Waals surface area contributed by atoms with Gasteiger partial charge in [0.25, 0.3) is 0 Å². The summed E-state index contributed by atoms with van der Waals surface area (Å²) in [6, 6.07) is 5.68. The quantitative estimate of drug-likeness (QED) is 0.859. The summed E-state index contributed by atoms with van der Waals surface area (Å²) in [5.74, 6) is 0.788. The molecule has 2 aromatic heterocycles. The lowest BCUT2D eigenvalue weighted by Gasteiger charge is -2.23. The first-order valence-corrected chi connectivity index (χ1v) is 7.53. The number of hydrogen-bond acceptors (Lipinski definition) is 5. The van der Waals surface area contributed by atoms with Gasteiger partial charge in [0.2, 0.25) is 0 Å². The van der Waals surface area contributed by atoms with Crippen LogP contribution in [0.3, 0.4) is 0 Å². The summed E-state index contributed by atoms with van der Waals surface area (Å²) in [5, 5.41) is 11.7. The van der Waals surface area contributed by atoms with Gasteiger partial charge in [-0.3, -0.25) is 14.5 Å². The Bertz CT molecular complexity index is 643. The van der Waals surface area contributed by atoms with Crippen molar-refractivity contribution in [3.8, 4) is 0 Å². The Hall–Kier alpha value is -1.95. The smallest absolute Gasteiger partial charge is 0.320 e. The van der Waals surface area contributed by atoms with E-state index in [0.717, 1.165) is 11.5 Å². The van der Waals surface area contributed by atoms with Crippen molar-refractivity contribution in [3.05, 3.63) is 30.2 Å². The molecule has 0 aromatic carbocycles. The zero-order valence-electron chi connectivity index (χ0n) is 13.8. The van der Waals surface area contributed by atoms with E-state index in [9.17, 15) is 4.79 Å². The number of carbonyl (C=O) groups excluding carboxylic acids is 1. The van der Waals surface area contributed by atoms with Crippen LogP contribution in [0.25, 0.3) is 5.65 Å². The van der Waals surface area contributed by atoms with Gasteiger partial charge in [0, 0.05) is 6.20 Å². The summed E-state index contributed by atoms with van der Waals surface area (Å²) in [4.78, 5) is 11.9. The van der Waals surface area contributed by atoms with Crippen LogP contribution >= 0.6 is 0 Å². The van der Waals surface area contributed by atoms with E-state index < -0.39 is 5.60 Å². The lowest BCUT2D eigenvalue weighted by molar-refractivity contribution is -0.153. The molecule has 2 rings (SSSR count). The van der Waals surface area contributed by atoms with E-state index in [2.05, 4.69) is 29.4 Å². The molecule has 0 saturated carbocycles. The number of ether oxygens (including phenoxy) is 1. The van der Waals surface area contributed by atoms with Gasteiger partial charge in [0.15, 0.2) is 11.5 Å². The van der Waals surface area contributed by atoms with E-state index >= 15 is 0 Å². The molecule has 0 unspecified atom stereocenters. The van der Waals surface area contributed by atoms with E-state index in [-0.39, 0.29) is 24.5 Å². The van der Waals surface area contributed by atoms with E-state index in [4.69, 9.17) is 4.74 Å². The fourth-order valence-electron chi connectivity index (χ4n) is 2.27. The predicted molar refractivity (Wildman–Crippen MR) is 84.4 cm³/mol. The molecule has 6 nitrogen and oxygen atoms in total. The monoisotopic (exact) mass is 304 g/mol. The first-order chi connectivity index (χ1) is 10.3. The van der Waals surface area contributed by atoms with Crippen molar-refractivity contribution in [2.75, 3.05) is 6.54 Å². The normalized spacial score (nSPS) is 13.5. The van der Waals surface area contributed by atoms with Crippen LogP contribution in [0.5, 0.6) is 0 Å². The molecule has 0 aliphatic heterocycles. The van der Waals surface area contributed by atoms with Crippen LogP contribution < -0.4 is 5.32 Å². The molecule has 0 amide bonds. The average Bonchev–Trinajstić information content (AvgIpc) is 2.81. The minimum atomic E-state index is -0.479. The molecule has 1 atom stereocenters. The van der Waals surface area contributed by atoms with Gasteiger partial charge in [0.1, 0.15) is 5.60 Å². The van der Waals surface area contributed by atoms with Crippen molar-refractivity contribution in [1.82, 2.24) is 19.9 Å². The lowest BCUT2D eigenvalue weighted by Crippen LogP contribution is -2.35. The van der Waals surface area contributed by atoms with Crippen molar-refractivity contribution in [1.29, 1.82) is 0 Å². The van der Waals surface area contributed by atoms with Crippen molar-refractivity contribution in [2.24, 2.45) is 5.92 Å². The summed E-state index contributed by atoms with van der Waals surface area (Å²) < 4.78 is 7.27. The molecule has 2 aromatic rings. The minimum Gasteiger partial charge on any atom is -0.459 e. The van der Waals surface area contributed by atoms with Crippen LogP contribution in [0, 0.1) is 5.92 Å². The first kappa shape index (κ1) is 16.4. The minimum absolute atomic E-state index is 0.0788. The predicted octanol–water partition coefficient (Wildman–Crippen LogP) is 2.36. The highest BCUT2D eigenvalue weighted by Gasteiger charge is 2.23. The summed E-state index contributed by atoms with van der Waals surface area (Å²) >= 11 is 0. The molecule has 0 bridgehead atoms. The van der Waals surface area contributed by atoms with Crippen LogP contribution in [0.2, 0.25) is 0 Å². The third-order valence-corrected chi connectivity index (χ3v) is 3.17. The number of aromatic nitrogens is 3. The number of hydrogen-bond donors (Lipinski definition) is 1. The first-order valence-electron chi connectivity index (χ1n) is 7.53. The van der Waals surface area contributed by atoms with Gasteiger partial charge in [0.05, 0.1) is 12.6 Å². The van der Waals surface area contributed by atoms with Crippen molar-refractivity contribution in [3.63, 3.8) is 0 Å². The van der Waals surface area contributed by atoms with Crippen molar-refractivity contribution in [2.45, 2.75) is 46.3 Å². The highest BCUT2D eigenvalue weighted by Crippen LogP contribution is 2.20. The molecule has 0 saturated heterocycles. The van der Waals surface area contributed by atoms with Gasteiger partial charge in [-0.25, -0.2) is 0 Å². The molecule has 1 N–H and O–H groups in total. The SMILES string of the molecule is CC(C)[C@H](NCC(=O)OC(C)(C)C)c1nnc2ccccn12. The second kappa shape index (κ2) is 6.44. The van der Waals surface area contributed by atoms with Crippen molar-refractivity contribution >= 4 is 11.6 Å². The Balaban J connectivity index is 2.12. The highest BCUT2D eigenvalue weighted by atomic mass is 16.6. The second-order valence-electron chi connectivity index (χ2n) is 6.68. The van der Waals surface area contributed by atoms with Gasteiger partial charge < -0.3 is 4.74 Å². The van der Waals surface area contributed by atoms with Gasteiger partial charge >= 0.3 is 5.97 Å². The fraction of sp³-hybridized carbons (Fsp3) is 0.562. The molecule has 0 aliphatic rings. The van der Waals surface area contributed by atoms with Gasteiger partial charge in [-0.2, -0.15) is 0 Å². The molecule has 0 aliphatic carbocycles. The number of nitrogens with one attached hydrogen (secondary N) is 1. The number of rotatable bonds is 5. The van der Waals surface area contributed by atoms with E-state index in [1.54, 1.807) is 0 Å². The van der Waals surface area contributed by atoms with Crippen LogP contribution in [0.4, 0.5) is 0 Å². The van der Waals surface area contributed by atoms with Gasteiger partial charge in [-0.15, -0.1) is 10.2 Å². The van der Waals surface area contributed by atoms with Crippen LogP contribution in [-0.2, 0) is 9.53 Å². The maximum Gasteiger partial charge on any atom is 0.320 e. The molecule has 2 heterocycles. The maximum atomic E-state index is 11.9. The molecular weight excluding hydrogens is 280 g/mol. The Morgan fingerprint density at radius 3 is 2.68 bits per heavy atom. The number of nitrogens with zero attached hydrogens (tertiary/aromatic N) is 3. The van der Waals surface area contributed by atoms with E-state index in [0.29, 0.717) is 0 Å². The summed E-state index contributed by atoms with van der Waals surface area (Å²) in [6.07, 6.45) is 1.93. The Kier molecular flexibility index (Phi) is 4.81. The molecule has 120 valence electrons. The Morgan fingerprint density at radius 2 is 2.05 bits per heavy atom. The number of carbonyl (C=O) groups is 1. The third-order valence-electron chi connectivity index (χ3n) is 3.17. The average molecular weight is 304 g/mol. The number of esters is 1. The summed E-state index contributed by atoms with van der Waals surface area (Å²) in [5.41, 5.74) is 0.315. The topological polar surface area (TPSA) is 68.5 Å². The van der Waals surface area contributed by atoms with Crippen LogP contribution in [0.1, 0.15) is 46.5 Å². The van der Waals surface area contributed by atoms with E-state index in [1.807, 2.05) is 49.6 Å². The van der Waals surface area contributed by atoms with Crippen molar-refractivity contribution < 1.29 is 9.53 Å². The van der Waals surface area contributed by atoms with E-state index in [1.165, 1.54) is 0 Å². The zero-order chi connectivity index (χ0) is 16.3. The highest BCUT2D eigenvalue weighted by molar-refractivity contribution is 5.72. The summed E-state index contributed by atoms with van der Waals surface area (Å²) in [7, 11) is 0.